The van der Waals surface area contributed by atoms with Crippen molar-refractivity contribution in [2.45, 2.75) is 33.1 Å². The first-order valence-corrected chi connectivity index (χ1v) is 6.09. The number of hydrogen-bond acceptors (Lipinski definition) is 3. The van der Waals surface area contributed by atoms with Gasteiger partial charge < -0.3 is 15.4 Å². The van der Waals surface area contributed by atoms with Crippen molar-refractivity contribution >= 4 is 7.98 Å². The Morgan fingerprint density at radius 2 is 2.07 bits per heavy atom. The zero-order chi connectivity index (χ0) is 11.5. The van der Waals surface area contributed by atoms with Gasteiger partial charge in [-0.05, 0) is 32.5 Å². The van der Waals surface area contributed by atoms with Crippen LogP contribution in [0.4, 0.5) is 0 Å². The first-order valence-electron chi connectivity index (χ1n) is 6.09. The largest absolute Gasteiger partial charge is 0.341 e. The highest BCUT2D eigenvalue weighted by atomic mass is 15.2. The van der Waals surface area contributed by atoms with Crippen LogP contribution in [0, 0.1) is 5.92 Å². The third kappa shape index (κ3) is 8.91. The highest BCUT2D eigenvalue weighted by molar-refractivity contribution is 6.04. The van der Waals surface area contributed by atoms with Gasteiger partial charge in [0.05, 0.1) is 0 Å². The van der Waals surface area contributed by atoms with Gasteiger partial charge in [-0.3, -0.25) is 0 Å². The molecular formula is C11H26BN3. The van der Waals surface area contributed by atoms with Gasteiger partial charge in [-0.15, -0.1) is 0 Å². The molecule has 2 radical (unpaired) electrons. The van der Waals surface area contributed by atoms with E-state index in [-0.39, 0.29) is 0 Å². The Kier molecular flexibility index (Phi) is 10.4. The predicted octanol–water partition coefficient (Wildman–Crippen LogP) is 0.965. The van der Waals surface area contributed by atoms with Gasteiger partial charge in [0.25, 0.3) is 0 Å². The second kappa shape index (κ2) is 10.5. The summed E-state index contributed by atoms with van der Waals surface area (Å²) in [5.74, 6) is 0.799. The molecule has 3 nitrogen and oxygen atoms in total. The summed E-state index contributed by atoms with van der Waals surface area (Å²) in [5, 5.41) is 6.48. The predicted molar refractivity (Wildman–Crippen MR) is 67.9 cm³/mol. The molecule has 0 rings (SSSR count). The summed E-state index contributed by atoms with van der Waals surface area (Å²) in [7, 11) is 7.73. The van der Waals surface area contributed by atoms with E-state index in [1.807, 2.05) is 11.9 Å². The standard InChI is InChI=1S/C11H26BN3/c1-4-6-11(5-2)9-14-10-15(12)8-7-13-3/h11,13-14H,4-10H2,1-3H3. The molecular weight excluding hydrogens is 185 g/mol. The van der Waals surface area contributed by atoms with E-state index >= 15 is 0 Å². The van der Waals surface area contributed by atoms with E-state index in [1.54, 1.807) is 0 Å². The Hall–Kier alpha value is -0.0551. The normalized spacial score (nSPS) is 13.3. The zero-order valence-electron chi connectivity index (χ0n) is 10.6. The van der Waals surface area contributed by atoms with E-state index in [9.17, 15) is 0 Å². The van der Waals surface area contributed by atoms with Gasteiger partial charge in [0.1, 0.15) is 0 Å². The number of nitrogens with zero attached hydrogens (tertiary/aromatic N) is 1. The van der Waals surface area contributed by atoms with Crippen LogP contribution in [0.1, 0.15) is 33.1 Å². The fourth-order valence-electron chi connectivity index (χ4n) is 1.61. The highest BCUT2D eigenvalue weighted by Gasteiger charge is 2.04. The number of likely N-dealkylation sites (N-methyl/N-ethyl adjacent to an activating group) is 1. The van der Waals surface area contributed by atoms with Crippen LogP contribution < -0.4 is 10.6 Å². The first kappa shape index (κ1) is 14.9. The monoisotopic (exact) mass is 211 g/mol. The second-order valence-electron chi connectivity index (χ2n) is 4.09. The number of nitrogens with one attached hydrogen (secondary N) is 2. The molecule has 0 fully saturated rings. The van der Waals surface area contributed by atoms with Crippen molar-refractivity contribution in [1.29, 1.82) is 0 Å². The second-order valence-corrected chi connectivity index (χ2v) is 4.09. The van der Waals surface area contributed by atoms with E-state index in [0.717, 1.165) is 32.2 Å². The van der Waals surface area contributed by atoms with Gasteiger partial charge in [0, 0.05) is 13.2 Å². The average molecular weight is 211 g/mol. The highest BCUT2D eigenvalue weighted by Crippen LogP contribution is 2.08. The Labute approximate surface area is 96.4 Å². The summed E-state index contributed by atoms with van der Waals surface area (Å²) in [4.78, 5) is 1.81. The molecule has 2 N–H and O–H groups in total. The lowest BCUT2D eigenvalue weighted by atomic mass is 10.0. The van der Waals surface area contributed by atoms with E-state index in [1.165, 1.54) is 19.3 Å². The summed E-state index contributed by atoms with van der Waals surface area (Å²) in [5.41, 5.74) is 0. The maximum atomic E-state index is 5.79. The van der Waals surface area contributed by atoms with Gasteiger partial charge in [-0.1, -0.05) is 26.7 Å². The van der Waals surface area contributed by atoms with Crippen LogP contribution in [0.3, 0.4) is 0 Å². The van der Waals surface area contributed by atoms with Gasteiger partial charge in [0.2, 0.25) is 0 Å². The summed E-state index contributed by atoms with van der Waals surface area (Å²) in [6, 6.07) is 0. The Bertz CT molecular complexity index is 133. The number of hydrogen-bond donors (Lipinski definition) is 2. The smallest absolute Gasteiger partial charge is 0.184 e. The van der Waals surface area contributed by atoms with Crippen molar-refractivity contribution in [3.8, 4) is 0 Å². The van der Waals surface area contributed by atoms with Crippen LogP contribution in [0.25, 0.3) is 0 Å². The minimum atomic E-state index is 0.780. The topological polar surface area (TPSA) is 27.3 Å². The van der Waals surface area contributed by atoms with Gasteiger partial charge in [-0.2, -0.15) is 0 Å². The minimum Gasteiger partial charge on any atom is -0.341 e. The molecule has 0 saturated carbocycles. The molecule has 0 amide bonds. The minimum absolute atomic E-state index is 0.780. The Morgan fingerprint density at radius 1 is 1.33 bits per heavy atom. The average Bonchev–Trinajstić information content (AvgIpc) is 2.25. The maximum absolute atomic E-state index is 5.79. The van der Waals surface area contributed by atoms with Crippen molar-refractivity contribution in [2.75, 3.05) is 33.4 Å². The zero-order valence-corrected chi connectivity index (χ0v) is 10.6. The van der Waals surface area contributed by atoms with Crippen LogP contribution in [0.15, 0.2) is 0 Å². The molecule has 0 aliphatic rings. The summed E-state index contributed by atoms with van der Waals surface area (Å²) < 4.78 is 0. The lowest BCUT2D eigenvalue weighted by Gasteiger charge is -2.20. The molecule has 15 heavy (non-hydrogen) atoms. The molecule has 0 aromatic rings. The quantitative estimate of drug-likeness (QED) is 0.416. The van der Waals surface area contributed by atoms with Crippen molar-refractivity contribution in [2.24, 2.45) is 5.92 Å². The van der Waals surface area contributed by atoms with Crippen LogP contribution in [0.2, 0.25) is 0 Å². The summed E-state index contributed by atoms with van der Waals surface area (Å²) in [6.07, 6.45) is 3.83. The van der Waals surface area contributed by atoms with Gasteiger partial charge in [-0.25, -0.2) is 0 Å². The van der Waals surface area contributed by atoms with Gasteiger partial charge >= 0.3 is 0 Å². The molecule has 0 aliphatic heterocycles. The molecule has 0 saturated heterocycles. The first-order chi connectivity index (χ1) is 7.24. The fourth-order valence-corrected chi connectivity index (χ4v) is 1.61. The van der Waals surface area contributed by atoms with Crippen molar-refractivity contribution < 1.29 is 0 Å². The van der Waals surface area contributed by atoms with E-state index in [4.69, 9.17) is 7.98 Å². The lowest BCUT2D eigenvalue weighted by Crippen LogP contribution is -2.38. The third-order valence-electron chi connectivity index (χ3n) is 2.67. The molecule has 0 aromatic carbocycles. The van der Waals surface area contributed by atoms with Crippen LogP contribution in [-0.2, 0) is 0 Å². The number of rotatable bonds is 10. The fraction of sp³-hybridized carbons (Fsp3) is 1.00. The molecule has 0 bridgehead atoms. The van der Waals surface area contributed by atoms with Crippen molar-refractivity contribution in [3.63, 3.8) is 0 Å². The van der Waals surface area contributed by atoms with E-state index < -0.39 is 0 Å². The van der Waals surface area contributed by atoms with Crippen LogP contribution in [-0.4, -0.2) is 46.1 Å². The molecule has 0 spiro atoms. The molecule has 1 unspecified atom stereocenters. The van der Waals surface area contributed by atoms with Crippen molar-refractivity contribution in [3.05, 3.63) is 0 Å². The van der Waals surface area contributed by atoms with Crippen LogP contribution in [0.5, 0.6) is 0 Å². The Morgan fingerprint density at radius 3 is 2.60 bits per heavy atom. The molecule has 0 heterocycles. The maximum Gasteiger partial charge on any atom is 0.184 e. The Balaban J connectivity index is 3.41. The van der Waals surface area contributed by atoms with Gasteiger partial charge in [0.15, 0.2) is 7.98 Å². The summed E-state index contributed by atoms with van der Waals surface area (Å²) in [6.45, 7) is 8.17. The van der Waals surface area contributed by atoms with E-state index in [0.29, 0.717) is 0 Å². The lowest BCUT2D eigenvalue weighted by molar-refractivity contribution is 0.362. The molecule has 0 aromatic heterocycles. The molecule has 0 aliphatic carbocycles. The van der Waals surface area contributed by atoms with Crippen molar-refractivity contribution in [1.82, 2.24) is 15.4 Å². The van der Waals surface area contributed by atoms with E-state index in [2.05, 4.69) is 24.5 Å². The SMILES string of the molecule is [B]N(CCNC)CNCC(CC)CCC. The van der Waals surface area contributed by atoms with Crippen LogP contribution >= 0.6 is 0 Å². The molecule has 88 valence electrons. The summed E-state index contributed by atoms with van der Waals surface area (Å²) >= 11 is 0. The molecule has 4 heteroatoms. The third-order valence-corrected chi connectivity index (χ3v) is 2.67. The molecule has 1 atom stereocenters.